The quantitative estimate of drug-likeness (QED) is 0.245. The summed E-state index contributed by atoms with van der Waals surface area (Å²) in [7, 11) is 2.18. The Labute approximate surface area is 149 Å². The highest BCUT2D eigenvalue weighted by Gasteiger charge is 2.18. The summed E-state index contributed by atoms with van der Waals surface area (Å²) in [6.07, 6.45) is 2.18. The maximum Gasteiger partial charge on any atom is 0.157 e. The van der Waals surface area contributed by atoms with E-state index in [0.29, 0.717) is 11.1 Å². The van der Waals surface area contributed by atoms with E-state index in [4.69, 9.17) is 18.9 Å². The van der Waals surface area contributed by atoms with Crippen molar-refractivity contribution in [2.24, 2.45) is 0 Å². The molecular weight excluding hydrogens is 326 g/mol. The van der Waals surface area contributed by atoms with Gasteiger partial charge in [-0.15, -0.1) is 0 Å². The molecule has 2 unspecified atom stereocenters. The highest BCUT2D eigenvalue weighted by atomic mass is 28.1. The van der Waals surface area contributed by atoms with Crippen molar-refractivity contribution < 1.29 is 18.9 Å². The van der Waals surface area contributed by atoms with Crippen LogP contribution in [0.2, 0.25) is 11.1 Å². The Balaban J connectivity index is 3.88. The molecule has 0 radical (unpaired) electrons. The zero-order valence-electron chi connectivity index (χ0n) is 16.1. The molecule has 23 heavy (non-hydrogen) atoms. The van der Waals surface area contributed by atoms with Crippen LogP contribution in [0.5, 0.6) is 0 Å². The molecule has 0 bridgehead atoms. The van der Waals surface area contributed by atoms with Gasteiger partial charge < -0.3 is 24.3 Å². The summed E-state index contributed by atoms with van der Waals surface area (Å²) >= 11 is 0. The van der Waals surface area contributed by atoms with Crippen molar-refractivity contribution in [3.05, 3.63) is 0 Å². The Kier molecular flexibility index (Phi) is 15.9. The smallest absolute Gasteiger partial charge is 0.157 e. The SMILES string of the molecule is CCOC(OCC)C([SiH3])CCNCCC([SiH3])C(OCC)OCC. The molecular formula is C16H39NO4Si2. The molecule has 0 saturated heterocycles. The second-order valence-corrected chi connectivity index (χ2v) is 8.81. The first-order valence-corrected chi connectivity index (χ1v) is 11.6. The van der Waals surface area contributed by atoms with Crippen LogP contribution < -0.4 is 5.32 Å². The molecule has 0 aliphatic carbocycles. The van der Waals surface area contributed by atoms with Crippen LogP contribution in [0.3, 0.4) is 0 Å². The summed E-state index contributed by atoms with van der Waals surface area (Å²) in [5, 5.41) is 3.55. The van der Waals surface area contributed by atoms with Gasteiger partial charge in [-0.25, -0.2) is 0 Å². The lowest BCUT2D eigenvalue weighted by Crippen LogP contribution is -2.29. The Morgan fingerprint density at radius 1 is 0.652 bits per heavy atom. The molecule has 0 amide bonds. The van der Waals surface area contributed by atoms with E-state index in [-0.39, 0.29) is 12.6 Å². The molecule has 0 aromatic carbocycles. The Morgan fingerprint density at radius 3 is 1.22 bits per heavy atom. The minimum absolute atomic E-state index is 0.0231. The van der Waals surface area contributed by atoms with Gasteiger partial charge in [-0.2, -0.15) is 0 Å². The number of hydrogen-bond donors (Lipinski definition) is 1. The predicted octanol–water partition coefficient (Wildman–Crippen LogP) is 0.462. The Hall–Kier alpha value is 0.234. The maximum absolute atomic E-state index is 5.68. The van der Waals surface area contributed by atoms with Crippen LogP contribution in [0.15, 0.2) is 0 Å². The van der Waals surface area contributed by atoms with E-state index < -0.39 is 0 Å². The predicted molar refractivity (Wildman–Crippen MR) is 104 cm³/mol. The van der Waals surface area contributed by atoms with E-state index in [1.54, 1.807) is 0 Å². The van der Waals surface area contributed by atoms with Crippen LogP contribution in [0.4, 0.5) is 0 Å². The lowest BCUT2D eigenvalue weighted by atomic mass is 10.2. The van der Waals surface area contributed by atoms with Crippen molar-refractivity contribution in [2.45, 2.75) is 64.2 Å². The van der Waals surface area contributed by atoms with Gasteiger partial charge in [-0.05, 0) is 64.7 Å². The van der Waals surface area contributed by atoms with E-state index >= 15 is 0 Å². The fourth-order valence-corrected chi connectivity index (χ4v) is 3.81. The third-order valence-electron chi connectivity index (χ3n) is 3.81. The molecule has 2 atom stereocenters. The molecule has 1 N–H and O–H groups in total. The van der Waals surface area contributed by atoms with Crippen molar-refractivity contribution in [3.63, 3.8) is 0 Å². The van der Waals surface area contributed by atoms with Crippen LogP contribution >= 0.6 is 0 Å². The van der Waals surface area contributed by atoms with Crippen LogP contribution in [0.1, 0.15) is 40.5 Å². The summed E-state index contributed by atoms with van der Waals surface area (Å²) in [6.45, 7) is 13.0. The fraction of sp³-hybridized carbons (Fsp3) is 1.00. The van der Waals surface area contributed by atoms with Gasteiger partial charge in [-0.3, -0.25) is 0 Å². The standard InChI is InChI=1S/C16H39NO4Si2/c1-5-18-15(19-6-2)13(22)9-11-17-12-10-14(23)16(20-7-3)21-8-4/h13-17H,5-12H2,1-4,22-23H3. The van der Waals surface area contributed by atoms with Gasteiger partial charge in [0.05, 0.1) is 0 Å². The average Bonchev–Trinajstić information content (AvgIpc) is 2.53. The van der Waals surface area contributed by atoms with E-state index in [2.05, 4.69) is 5.32 Å². The lowest BCUT2D eigenvalue weighted by Gasteiger charge is -2.25. The summed E-state index contributed by atoms with van der Waals surface area (Å²) in [6, 6.07) is 0. The normalized spacial score (nSPS) is 14.9. The number of nitrogens with one attached hydrogen (secondary N) is 1. The highest BCUT2D eigenvalue weighted by molar-refractivity contribution is 6.12. The number of hydrogen-bond acceptors (Lipinski definition) is 5. The van der Waals surface area contributed by atoms with E-state index in [1.165, 1.54) is 0 Å². The molecule has 0 fully saturated rings. The van der Waals surface area contributed by atoms with Gasteiger partial charge in [0.25, 0.3) is 0 Å². The molecule has 0 spiro atoms. The van der Waals surface area contributed by atoms with Crippen molar-refractivity contribution in [1.29, 1.82) is 0 Å². The Morgan fingerprint density at radius 2 is 0.957 bits per heavy atom. The molecule has 140 valence electrons. The van der Waals surface area contributed by atoms with Crippen molar-refractivity contribution in [3.8, 4) is 0 Å². The maximum atomic E-state index is 5.68. The van der Waals surface area contributed by atoms with Gasteiger partial charge >= 0.3 is 0 Å². The van der Waals surface area contributed by atoms with Crippen LogP contribution in [0, 0.1) is 0 Å². The zero-order valence-corrected chi connectivity index (χ0v) is 20.1. The zero-order chi connectivity index (χ0) is 17.5. The largest absolute Gasteiger partial charge is 0.353 e. The van der Waals surface area contributed by atoms with E-state index in [9.17, 15) is 0 Å². The van der Waals surface area contributed by atoms with E-state index in [1.807, 2.05) is 27.7 Å². The van der Waals surface area contributed by atoms with Gasteiger partial charge in [0.15, 0.2) is 12.6 Å². The monoisotopic (exact) mass is 365 g/mol. The van der Waals surface area contributed by atoms with Gasteiger partial charge in [0, 0.05) is 46.9 Å². The van der Waals surface area contributed by atoms with Crippen molar-refractivity contribution in [2.75, 3.05) is 39.5 Å². The summed E-state index contributed by atoms with van der Waals surface area (Å²) in [5.41, 5.74) is 1.07. The van der Waals surface area contributed by atoms with Gasteiger partial charge in [0.2, 0.25) is 0 Å². The second kappa shape index (κ2) is 15.7. The summed E-state index contributed by atoms with van der Waals surface area (Å²) < 4.78 is 22.7. The molecule has 7 heteroatoms. The summed E-state index contributed by atoms with van der Waals surface area (Å²) in [4.78, 5) is 0. The molecule has 0 aromatic rings. The van der Waals surface area contributed by atoms with E-state index in [0.717, 1.165) is 72.8 Å². The first kappa shape index (κ1) is 23.2. The molecule has 5 nitrogen and oxygen atoms in total. The highest BCUT2D eigenvalue weighted by Crippen LogP contribution is 2.17. The van der Waals surface area contributed by atoms with Crippen LogP contribution in [-0.2, 0) is 18.9 Å². The minimum atomic E-state index is -0.0231. The lowest BCUT2D eigenvalue weighted by molar-refractivity contribution is -0.139. The number of rotatable bonds is 16. The topological polar surface area (TPSA) is 49.0 Å². The first-order valence-electron chi connectivity index (χ1n) is 9.27. The van der Waals surface area contributed by atoms with Gasteiger partial charge in [-0.1, -0.05) is 0 Å². The van der Waals surface area contributed by atoms with Crippen LogP contribution in [-0.4, -0.2) is 72.6 Å². The minimum Gasteiger partial charge on any atom is -0.353 e. The molecule has 0 aliphatic rings. The molecule has 0 aliphatic heterocycles. The average molecular weight is 366 g/mol. The van der Waals surface area contributed by atoms with Gasteiger partial charge in [0.1, 0.15) is 0 Å². The third-order valence-corrected chi connectivity index (χ3v) is 6.05. The van der Waals surface area contributed by atoms with Crippen molar-refractivity contribution >= 4 is 20.5 Å². The molecule has 0 heterocycles. The third kappa shape index (κ3) is 11.4. The van der Waals surface area contributed by atoms with Crippen molar-refractivity contribution in [1.82, 2.24) is 5.32 Å². The molecule has 0 saturated carbocycles. The molecule has 0 aromatic heterocycles. The molecule has 0 rings (SSSR count). The number of ether oxygens (including phenoxy) is 4. The Bertz CT molecular complexity index is 226. The van der Waals surface area contributed by atoms with Crippen LogP contribution in [0.25, 0.3) is 0 Å². The first-order chi connectivity index (χ1) is 11.1. The fourth-order valence-electron chi connectivity index (χ4n) is 2.47. The summed E-state index contributed by atoms with van der Waals surface area (Å²) in [5.74, 6) is 0. The second-order valence-electron chi connectivity index (χ2n) is 5.84.